The number of benzene rings is 1. The average molecular weight is 312 g/mol. The van der Waals surface area contributed by atoms with Gasteiger partial charge in [0.25, 0.3) is 0 Å². The van der Waals surface area contributed by atoms with Gasteiger partial charge in [0.05, 0.1) is 18.9 Å². The molecule has 0 spiro atoms. The molecule has 1 atom stereocenters. The third-order valence-electron chi connectivity index (χ3n) is 3.97. The maximum Gasteiger partial charge on any atom is 0.311 e. The zero-order valence-corrected chi connectivity index (χ0v) is 12.8. The Morgan fingerprint density at radius 3 is 2.76 bits per heavy atom. The van der Waals surface area contributed by atoms with Crippen molar-refractivity contribution < 1.29 is 19.4 Å². The van der Waals surface area contributed by atoms with Crippen molar-refractivity contribution in [1.82, 2.24) is 4.90 Å². The van der Waals surface area contributed by atoms with E-state index in [1.807, 2.05) is 0 Å². The Morgan fingerprint density at radius 2 is 2.19 bits per heavy atom. The van der Waals surface area contributed by atoms with Crippen molar-refractivity contribution >= 4 is 23.5 Å². The summed E-state index contributed by atoms with van der Waals surface area (Å²) in [6, 6.07) is 5.21. The van der Waals surface area contributed by atoms with Crippen molar-refractivity contribution in [2.75, 3.05) is 20.2 Å². The first-order valence-electron chi connectivity index (χ1n) is 6.70. The van der Waals surface area contributed by atoms with Gasteiger partial charge in [-0.2, -0.15) is 0 Å². The minimum Gasteiger partial charge on any atom is -0.496 e. The summed E-state index contributed by atoms with van der Waals surface area (Å²) >= 11 is 6.12. The lowest BCUT2D eigenvalue weighted by atomic mass is 9.90. The van der Waals surface area contributed by atoms with E-state index in [4.69, 9.17) is 16.3 Å². The molecule has 5 nitrogen and oxygen atoms in total. The number of amides is 1. The summed E-state index contributed by atoms with van der Waals surface area (Å²) in [4.78, 5) is 25.2. The predicted octanol–water partition coefficient (Wildman–Crippen LogP) is 2.21. The van der Waals surface area contributed by atoms with Crippen molar-refractivity contribution in [3.8, 4) is 5.75 Å². The average Bonchev–Trinajstić information content (AvgIpc) is 2.85. The molecular weight excluding hydrogens is 294 g/mol. The number of carbonyl (C=O) groups excluding carboxylic acids is 1. The molecule has 0 saturated carbocycles. The van der Waals surface area contributed by atoms with Crippen LogP contribution >= 0.6 is 11.6 Å². The van der Waals surface area contributed by atoms with E-state index < -0.39 is 11.4 Å². The van der Waals surface area contributed by atoms with Crippen LogP contribution in [0.15, 0.2) is 18.2 Å². The highest BCUT2D eigenvalue weighted by Crippen LogP contribution is 2.32. The molecule has 2 rings (SSSR count). The molecular formula is C15H18ClNO4. The van der Waals surface area contributed by atoms with Crippen LogP contribution in [0, 0.1) is 5.41 Å². The van der Waals surface area contributed by atoms with Crippen LogP contribution in [-0.2, 0) is 16.0 Å². The fraction of sp³-hybridized carbons (Fsp3) is 0.467. The van der Waals surface area contributed by atoms with Gasteiger partial charge in [-0.15, -0.1) is 0 Å². The Hall–Kier alpha value is -1.75. The van der Waals surface area contributed by atoms with Crippen molar-refractivity contribution in [3.05, 3.63) is 28.8 Å². The lowest BCUT2D eigenvalue weighted by molar-refractivity contribution is -0.147. The lowest BCUT2D eigenvalue weighted by Crippen LogP contribution is -2.35. The van der Waals surface area contributed by atoms with Gasteiger partial charge in [0, 0.05) is 23.7 Å². The second kappa shape index (κ2) is 5.93. The van der Waals surface area contributed by atoms with E-state index in [0.717, 1.165) is 0 Å². The van der Waals surface area contributed by atoms with Crippen molar-refractivity contribution in [1.29, 1.82) is 0 Å². The summed E-state index contributed by atoms with van der Waals surface area (Å²) in [6.45, 7) is 2.35. The smallest absolute Gasteiger partial charge is 0.311 e. The first kappa shape index (κ1) is 15.6. The quantitative estimate of drug-likeness (QED) is 0.926. The predicted molar refractivity (Wildman–Crippen MR) is 78.6 cm³/mol. The molecule has 1 heterocycles. The van der Waals surface area contributed by atoms with E-state index >= 15 is 0 Å². The Kier molecular flexibility index (Phi) is 4.42. The summed E-state index contributed by atoms with van der Waals surface area (Å²) in [5, 5.41) is 9.68. The molecule has 1 aromatic carbocycles. The first-order valence-corrected chi connectivity index (χ1v) is 7.08. The fourth-order valence-corrected chi connectivity index (χ4v) is 2.75. The van der Waals surface area contributed by atoms with Crippen molar-refractivity contribution in [2.45, 2.75) is 19.8 Å². The van der Waals surface area contributed by atoms with Gasteiger partial charge in [-0.1, -0.05) is 17.7 Å². The lowest BCUT2D eigenvalue weighted by Gasteiger charge is -2.21. The molecule has 1 fully saturated rings. The number of methoxy groups -OCH3 is 1. The molecule has 1 unspecified atom stereocenters. The van der Waals surface area contributed by atoms with E-state index in [1.165, 1.54) is 7.11 Å². The van der Waals surface area contributed by atoms with E-state index in [-0.39, 0.29) is 18.9 Å². The van der Waals surface area contributed by atoms with Gasteiger partial charge in [0.2, 0.25) is 5.91 Å². The van der Waals surface area contributed by atoms with E-state index in [2.05, 4.69) is 0 Å². The van der Waals surface area contributed by atoms with Crippen LogP contribution < -0.4 is 4.74 Å². The van der Waals surface area contributed by atoms with Crippen LogP contribution in [0.3, 0.4) is 0 Å². The first-order chi connectivity index (χ1) is 9.87. The molecule has 1 saturated heterocycles. The topological polar surface area (TPSA) is 66.8 Å². The largest absolute Gasteiger partial charge is 0.496 e. The standard InChI is InChI=1S/C15H18ClNO4/c1-15(14(19)20)6-7-17(9-15)13(18)8-10-11(16)4-3-5-12(10)21-2/h3-5H,6-9H2,1-2H3,(H,19,20). The van der Waals surface area contributed by atoms with Crippen LogP contribution in [0.1, 0.15) is 18.9 Å². The van der Waals surface area contributed by atoms with E-state index in [0.29, 0.717) is 29.3 Å². The van der Waals surface area contributed by atoms with Gasteiger partial charge in [-0.05, 0) is 25.5 Å². The molecule has 1 aliphatic rings. The van der Waals surface area contributed by atoms with Gasteiger partial charge in [-0.3, -0.25) is 9.59 Å². The highest BCUT2D eigenvalue weighted by molar-refractivity contribution is 6.31. The molecule has 0 bridgehead atoms. The Morgan fingerprint density at radius 1 is 1.48 bits per heavy atom. The normalized spacial score (nSPS) is 21.4. The highest BCUT2D eigenvalue weighted by atomic mass is 35.5. The molecule has 1 aromatic rings. The number of carbonyl (C=O) groups is 2. The van der Waals surface area contributed by atoms with Crippen LogP contribution in [-0.4, -0.2) is 42.1 Å². The van der Waals surface area contributed by atoms with Gasteiger partial charge >= 0.3 is 5.97 Å². The van der Waals surface area contributed by atoms with Crippen LogP contribution in [0.25, 0.3) is 0 Å². The number of carboxylic acids is 1. The number of ether oxygens (including phenoxy) is 1. The zero-order chi connectivity index (χ0) is 15.6. The van der Waals surface area contributed by atoms with Gasteiger partial charge in [0.15, 0.2) is 0 Å². The van der Waals surface area contributed by atoms with Gasteiger partial charge < -0.3 is 14.7 Å². The molecule has 1 amide bonds. The number of nitrogens with zero attached hydrogens (tertiary/aromatic N) is 1. The molecule has 0 aliphatic carbocycles. The Labute approximate surface area is 128 Å². The summed E-state index contributed by atoms with van der Waals surface area (Å²) in [5.41, 5.74) is -0.226. The number of rotatable bonds is 4. The number of likely N-dealkylation sites (tertiary alicyclic amines) is 1. The number of halogens is 1. The molecule has 1 aliphatic heterocycles. The Bertz CT molecular complexity index is 575. The molecule has 0 aromatic heterocycles. The van der Waals surface area contributed by atoms with E-state index in [9.17, 15) is 14.7 Å². The van der Waals surface area contributed by atoms with Gasteiger partial charge in [0.1, 0.15) is 5.75 Å². The maximum atomic E-state index is 12.4. The number of hydrogen-bond donors (Lipinski definition) is 1. The third-order valence-corrected chi connectivity index (χ3v) is 4.32. The summed E-state index contributed by atoms with van der Waals surface area (Å²) in [6.07, 6.45) is 0.576. The molecule has 6 heteroatoms. The summed E-state index contributed by atoms with van der Waals surface area (Å²) in [5.74, 6) is -0.435. The van der Waals surface area contributed by atoms with E-state index in [1.54, 1.807) is 30.0 Å². The van der Waals surface area contributed by atoms with Crippen LogP contribution in [0.5, 0.6) is 5.75 Å². The monoisotopic (exact) mass is 311 g/mol. The molecule has 114 valence electrons. The number of carboxylic acid groups (broad SMARTS) is 1. The van der Waals surface area contributed by atoms with Crippen LogP contribution in [0.2, 0.25) is 5.02 Å². The van der Waals surface area contributed by atoms with Crippen molar-refractivity contribution in [3.63, 3.8) is 0 Å². The highest BCUT2D eigenvalue weighted by Gasteiger charge is 2.42. The van der Waals surface area contributed by atoms with Gasteiger partial charge in [-0.25, -0.2) is 0 Å². The third kappa shape index (κ3) is 3.13. The zero-order valence-electron chi connectivity index (χ0n) is 12.1. The molecule has 0 radical (unpaired) electrons. The second-order valence-electron chi connectivity index (χ2n) is 5.53. The fourth-order valence-electron chi connectivity index (χ4n) is 2.51. The maximum absolute atomic E-state index is 12.4. The minimum atomic E-state index is -0.867. The number of aliphatic carboxylic acids is 1. The SMILES string of the molecule is COc1cccc(Cl)c1CC(=O)N1CCC(C)(C(=O)O)C1. The summed E-state index contributed by atoms with van der Waals surface area (Å²) in [7, 11) is 1.52. The van der Waals surface area contributed by atoms with Crippen molar-refractivity contribution in [2.24, 2.45) is 5.41 Å². The Balaban J connectivity index is 2.12. The summed E-state index contributed by atoms with van der Waals surface area (Å²) < 4.78 is 5.22. The molecule has 21 heavy (non-hydrogen) atoms. The van der Waals surface area contributed by atoms with Crippen LogP contribution in [0.4, 0.5) is 0 Å². The number of hydrogen-bond acceptors (Lipinski definition) is 3. The molecule has 1 N–H and O–H groups in total. The minimum absolute atomic E-state index is 0.110. The second-order valence-corrected chi connectivity index (χ2v) is 5.94.